The molecule has 0 aromatic heterocycles. The number of carbonyl (C=O) groups is 2. The highest BCUT2D eigenvalue weighted by Gasteiger charge is 2.28. The van der Waals surface area contributed by atoms with E-state index in [1.165, 1.54) is 0 Å². The van der Waals surface area contributed by atoms with Crippen molar-refractivity contribution in [3.05, 3.63) is 0 Å². The molecule has 2 unspecified atom stereocenters. The third kappa shape index (κ3) is 5.55. The number of Topliss-reactive ketones (excluding diaryl/α,β-unsaturated/α-hetero) is 1. The number of nitrogens with one attached hydrogen (secondary N) is 1. The van der Waals surface area contributed by atoms with Crippen LogP contribution in [0.2, 0.25) is 0 Å². The van der Waals surface area contributed by atoms with Crippen LogP contribution >= 0.6 is 0 Å². The summed E-state index contributed by atoms with van der Waals surface area (Å²) in [5.41, 5.74) is 0. The molecule has 1 saturated heterocycles. The van der Waals surface area contributed by atoms with E-state index in [-0.39, 0.29) is 23.5 Å². The standard InChI is InChI=1S/C8H13NO2.2C2H6/c1-5-6(2)8(11)9-4-3-7(5)10;2*1-2/h5-6H,3-4H2,1-2H3,(H,9,11);2*1-2H3. The molecule has 1 N–H and O–H groups in total. The molecule has 0 radical (unpaired) electrons. The van der Waals surface area contributed by atoms with Crippen LogP contribution in [0.3, 0.4) is 0 Å². The highest BCUT2D eigenvalue weighted by Crippen LogP contribution is 2.15. The van der Waals surface area contributed by atoms with E-state index in [9.17, 15) is 9.59 Å². The Labute approximate surface area is 93.6 Å². The molecule has 3 nitrogen and oxygen atoms in total. The minimum absolute atomic E-state index is 0.00310. The monoisotopic (exact) mass is 215 g/mol. The van der Waals surface area contributed by atoms with Gasteiger partial charge in [-0.15, -0.1) is 0 Å². The Morgan fingerprint density at radius 3 is 1.93 bits per heavy atom. The Bertz CT molecular complexity index is 170. The topological polar surface area (TPSA) is 46.2 Å². The second-order valence-corrected chi connectivity index (χ2v) is 3.08. The lowest BCUT2D eigenvalue weighted by Crippen LogP contribution is -2.30. The van der Waals surface area contributed by atoms with E-state index in [0.29, 0.717) is 13.0 Å². The van der Waals surface area contributed by atoms with Gasteiger partial charge in [0.25, 0.3) is 0 Å². The third-order valence-electron chi connectivity index (χ3n) is 2.34. The molecule has 0 bridgehead atoms. The summed E-state index contributed by atoms with van der Waals surface area (Å²) in [5, 5.41) is 2.70. The quantitative estimate of drug-likeness (QED) is 0.674. The Morgan fingerprint density at radius 1 is 1.00 bits per heavy atom. The lowest BCUT2D eigenvalue weighted by molar-refractivity contribution is -0.129. The van der Waals surface area contributed by atoms with Gasteiger partial charge in [-0.2, -0.15) is 0 Å². The molecule has 1 amide bonds. The van der Waals surface area contributed by atoms with Crippen LogP contribution in [0.15, 0.2) is 0 Å². The summed E-state index contributed by atoms with van der Waals surface area (Å²) in [6.45, 7) is 12.1. The van der Waals surface area contributed by atoms with E-state index in [1.54, 1.807) is 6.92 Å². The summed E-state index contributed by atoms with van der Waals surface area (Å²) in [6, 6.07) is 0. The maximum atomic E-state index is 11.2. The normalized spacial score (nSPS) is 24.9. The summed E-state index contributed by atoms with van der Waals surface area (Å²) in [6.07, 6.45) is 0.483. The molecule has 0 aromatic rings. The maximum absolute atomic E-state index is 11.2. The Morgan fingerprint density at radius 2 is 1.47 bits per heavy atom. The van der Waals surface area contributed by atoms with E-state index in [4.69, 9.17) is 0 Å². The van der Waals surface area contributed by atoms with Gasteiger partial charge in [0.1, 0.15) is 5.78 Å². The predicted molar refractivity (Wildman–Crippen MR) is 63.7 cm³/mol. The van der Waals surface area contributed by atoms with Crippen LogP contribution in [0.4, 0.5) is 0 Å². The maximum Gasteiger partial charge on any atom is 0.223 e. The molecule has 0 aromatic carbocycles. The van der Waals surface area contributed by atoms with Gasteiger partial charge in [0.15, 0.2) is 0 Å². The fourth-order valence-corrected chi connectivity index (χ4v) is 1.20. The first-order valence-electron chi connectivity index (χ1n) is 5.93. The van der Waals surface area contributed by atoms with Gasteiger partial charge in [-0.1, -0.05) is 41.5 Å². The van der Waals surface area contributed by atoms with Gasteiger partial charge in [0, 0.05) is 24.8 Å². The van der Waals surface area contributed by atoms with Crippen molar-refractivity contribution in [3.8, 4) is 0 Å². The summed E-state index contributed by atoms with van der Waals surface area (Å²) in [7, 11) is 0. The van der Waals surface area contributed by atoms with Crippen molar-refractivity contribution in [3.63, 3.8) is 0 Å². The first-order valence-corrected chi connectivity index (χ1v) is 5.93. The first-order chi connectivity index (χ1) is 7.13. The van der Waals surface area contributed by atoms with Crippen molar-refractivity contribution >= 4 is 11.7 Å². The molecule has 1 aliphatic heterocycles. The fourth-order valence-electron chi connectivity index (χ4n) is 1.20. The molecule has 1 heterocycles. The minimum atomic E-state index is -0.162. The first kappa shape index (κ1) is 16.6. The molecule has 3 heteroatoms. The second-order valence-electron chi connectivity index (χ2n) is 3.08. The van der Waals surface area contributed by atoms with Gasteiger partial charge in [-0.3, -0.25) is 9.59 Å². The smallest absolute Gasteiger partial charge is 0.223 e. The van der Waals surface area contributed by atoms with Gasteiger partial charge >= 0.3 is 0 Å². The zero-order chi connectivity index (χ0) is 12.4. The van der Waals surface area contributed by atoms with Gasteiger partial charge in [-0.05, 0) is 0 Å². The molecular weight excluding hydrogens is 190 g/mol. The Kier molecular flexibility index (Phi) is 10.7. The van der Waals surface area contributed by atoms with Crippen LogP contribution in [0.25, 0.3) is 0 Å². The predicted octanol–water partition coefficient (Wildman–Crippen LogP) is 2.40. The van der Waals surface area contributed by atoms with Crippen molar-refractivity contribution in [1.29, 1.82) is 0 Å². The van der Waals surface area contributed by atoms with E-state index in [0.717, 1.165) is 0 Å². The SMILES string of the molecule is CC.CC.CC1C(=O)CCNC(=O)C1C. The largest absolute Gasteiger partial charge is 0.355 e. The average molecular weight is 215 g/mol. The van der Waals surface area contributed by atoms with Gasteiger partial charge in [0.2, 0.25) is 5.91 Å². The van der Waals surface area contributed by atoms with Crippen molar-refractivity contribution in [2.45, 2.75) is 48.0 Å². The molecule has 1 aliphatic rings. The molecule has 2 atom stereocenters. The van der Waals surface area contributed by atoms with Gasteiger partial charge < -0.3 is 5.32 Å². The lowest BCUT2D eigenvalue weighted by Gasteiger charge is -2.12. The van der Waals surface area contributed by atoms with Crippen molar-refractivity contribution < 1.29 is 9.59 Å². The van der Waals surface area contributed by atoms with Crippen LogP contribution in [-0.2, 0) is 9.59 Å². The molecular formula is C12H25NO2. The van der Waals surface area contributed by atoms with E-state index >= 15 is 0 Å². The number of amides is 1. The van der Waals surface area contributed by atoms with Crippen LogP contribution < -0.4 is 5.32 Å². The van der Waals surface area contributed by atoms with Gasteiger partial charge in [-0.25, -0.2) is 0 Å². The second kappa shape index (κ2) is 9.69. The minimum Gasteiger partial charge on any atom is -0.355 e. The molecule has 0 saturated carbocycles. The molecule has 0 spiro atoms. The van der Waals surface area contributed by atoms with Crippen LogP contribution in [0, 0.1) is 11.8 Å². The number of hydrogen-bond donors (Lipinski definition) is 1. The molecule has 1 fully saturated rings. The highest BCUT2D eigenvalue weighted by atomic mass is 16.2. The molecule has 90 valence electrons. The summed E-state index contributed by atoms with van der Waals surface area (Å²) in [5.74, 6) is -0.0818. The van der Waals surface area contributed by atoms with E-state index in [1.807, 2.05) is 34.6 Å². The van der Waals surface area contributed by atoms with Crippen molar-refractivity contribution in [2.75, 3.05) is 6.54 Å². The Balaban J connectivity index is 0. The summed E-state index contributed by atoms with van der Waals surface area (Å²) < 4.78 is 0. The van der Waals surface area contributed by atoms with Crippen LogP contribution in [0.5, 0.6) is 0 Å². The number of ketones is 1. The summed E-state index contributed by atoms with van der Waals surface area (Å²) >= 11 is 0. The molecule has 1 rings (SSSR count). The lowest BCUT2D eigenvalue weighted by atomic mass is 9.91. The van der Waals surface area contributed by atoms with E-state index in [2.05, 4.69) is 5.32 Å². The zero-order valence-corrected chi connectivity index (χ0v) is 10.9. The van der Waals surface area contributed by atoms with Crippen LogP contribution in [0.1, 0.15) is 48.0 Å². The molecule has 15 heavy (non-hydrogen) atoms. The number of carbonyl (C=O) groups excluding carboxylic acids is 2. The fraction of sp³-hybridized carbons (Fsp3) is 0.833. The number of rotatable bonds is 0. The van der Waals surface area contributed by atoms with Gasteiger partial charge in [0.05, 0.1) is 0 Å². The highest BCUT2D eigenvalue weighted by molar-refractivity contribution is 5.90. The Hall–Kier alpha value is -0.860. The molecule has 0 aliphatic carbocycles. The van der Waals surface area contributed by atoms with Crippen molar-refractivity contribution in [2.24, 2.45) is 11.8 Å². The summed E-state index contributed by atoms with van der Waals surface area (Å²) in [4.78, 5) is 22.3. The average Bonchev–Trinajstić information content (AvgIpc) is 2.40. The third-order valence-corrected chi connectivity index (χ3v) is 2.34. The van der Waals surface area contributed by atoms with Crippen LogP contribution in [-0.4, -0.2) is 18.2 Å². The number of hydrogen-bond acceptors (Lipinski definition) is 2. The van der Waals surface area contributed by atoms with Crippen molar-refractivity contribution in [1.82, 2.24) is 5.32 Å². The zero-order valence-electron chi connectivity index (χ0n) is 10.9. The van der Waals surface area contributed by atoms with E-state index < -0.39 is 0 Å².